The number of aliphatic imine (C=N–C) groups is 1. The first kappa shape index (κ1) is 43.8. The van der Waals surface area contributed by atoms with Crippen molar-refractivity contribution in [1.29, 1.82) is 0 Å². The molecule has 1 aliphatic rings. The van der Waals surface area contributed by atoms with Gasteiger partial charge in [-0.1, -0.05) is 35.5 Å². The fourth-order valence-corrected chi connectivity index (χ4v) is 7.07. The Kier molecular flexibility index (Phi) is 12.1. The standard InChI is InChI=1S/C37H31ClF10N8OS2/c1-34(2,59(4)57)10-9-22-5-6-23(24-7-8-25(38)27-30(24)56(18-36(43,44)45)53-33(27)54-58-3)28(51-22)26(15-19-13-20(39)16-21(40)14-19)49-11-12-55-32-29(50-17-35(32,41)42)31(52-55)37(46,47)48/h5-8,11,13-14,16,26,50H,12,15,17-18H2,1-4H3,(H,53,54). The summed E-state index contributed by atoms with van der Waals surface area (Å²) in [6, 6.07) is 6.90. The van der Waals surface area contributed by atoms with Gasteiger partial charge in [-0.3, -0.25) is 18.6 Å². The lowest BCUT2D eigenvalue weighted by molar-refractivity contribution is -0.142. The predicted octanol–water partition coefficient (Wildman–Crippen LogP) is 9.58. The molecule has 0 bridgehead atoms. The van der Waals surface area contributed by atoms with Crippen molar-refractivity contribution in [2.24, 2.45) is 4.99 Å². The maximum atomic E-state index is 14.9. The third kappa shape index (κ3) is 9.49. The lowest BCUT2D eigenvalue weighted by Crippen LogP contribution is -2.23. The normalized spacial score (nSPS) is 15.2. The van der Waals surface area contributed by atoms with E-state index < -0.39 is 88.2 Å². The maximum Gasteiger partial charge on any atom is 0.437 e. The zero-order chi connectivity index (χ0) is 43.2. The molecule has 2 aromatic carbocycles. The van der Waals surface area contributed by atoms with Crippen LogP contribution in [0.3, 0.4) is 0 Å². The zero-order valence-electron chi connectivity index (χ0n) is 31.1. The van der Waals surface area contributed by atoms with Gasteiger partial charge in [0.15, 0.2) is 11.5 Å². The molecule has 0 aliphatic carbocycles. The van der Waals surface area contributed by atoms with Crippen LogP contribution in [-0.4, -0.2) is 64.9 Å². The average molecular weight is 893 g/mol. The highest BCUT2D eigenvalue weighted by molar-refractivity contribution is 7.99. The monoisotopic (exact) mass is 892 g/mol. The van der Waals surface area contributed by atoms with Crippen LogP contribution < -0.4 is 10.0 Å². The largest absolute Gasteiger partial charge is 0.437 e. The fraction of sp³-hybridized carbons (Fsp3) is 0.351. The summed E-state index contributed by atoms with van der Waals surface area (Å²) in [7, 11) is -1.44. The first-order chi connectivity index (χ1) is 27.5. The van der Waals surface area contributed by atoms with E-state index in [-0.39, 0.29) is 56.2 Å². The number of halogens is 11. The third-order valence-electron chi connectivity index (χ3n) is 9.06. The van der Waals surface area contributed by atoms with Crippen LogP contribution >= 0.6 is 23.5 Å². The minimum Gasteiger partial charge on any atom is -0.375 e. The maximum absolute atomic E-state index is 14.9. The van der Waals surface area contributed by atoms with Crippen molar-refractivity contribution in [3.8, 4) is 23.0 Å². The van der Waals surface area contributed by atoms with Gasteiger partial charge in [0, 0.05) is 53.1 Å². The SMILES string of the molecule is CSNc1nn(CC(F)(F)F)c2c(-c3ccc(C#CC(C)(C)S(C)=O)nc3C(Cc3cc(F)cc(F)c3)N=CCn3nc(C(F)(F)F)c4c3C(F)(F)CN4)ccc(Cl)c12. The van der Waals surface area contributed by atoms with Crippen LogP contribution in [0.2, 0.25) is 5.02 Å². The predicted molar refractivity (Wildman–Crippen MR) is 207 cm³/mol. The fourth-order valence-electron chi connectivity index (χ4n) is 6.30. The summed E-state index contributed by atoms with van der Waals surface area (Å²) in [5.74, 6) is -0.00802. The van der Waals surface area contributed by atoms with Crippen molar-refractivity contribution in [3.05, 3.63) is 87.5 Å². The first-order valence-electron chi connectivity index (χ1n) is 17.2. The van der Waals surface area contributed by atoms with Crippen LogP contribution in [-0.2, 0) is 42.4 Å². The van der Waals surface area contributed by atoms with Crippen molar-refractivity contribution >= 4 is 63.0 Å². The number of benzene rings is 2. The average Bonchev–Trinajstić information content (AvgIpc) is 3.78. The van der Waals surface area contributed by atoms with Crippen molar-refractivity contribution in [2.45, 2.75) is 62.4 Å². The summed E-state index contributed by atoms with van der Waals surface area (Å²) in [6.45, 7) is -0.202. The van der Waals surface area contributed by atoms with E-state index in [1.54, 1.807) is 20.1 Å². The van der Waals surface area contributed by atoms with E-state index in [4.69, 9.17) is 16.6 Å². The number of fused-ring (bicyclic) bond motifs is 2. The highest BCUT2D eigenvalue weighted by Crippen LogP contribution is 2.46. The van der Waals surface area contributed by atoms with Crippen LogP contribution in [0, 0.1) is 23.5 Å². The molecule has 0 saturated carbocycles. The number of rotatable bonds is 11. The van der Waals surface area contributed by atoms with Gasteiger partial charge in [-0.05, 0) is 55.7 Å². The van der Waals surface area contributed by atoms with E-state index >= 15 is 0 Å². The molecule has 5 aromatic rings. The summed E-state index contributed by atoms with van der Waals surface area (Å²) in [6.07, 6.45) is -6.22. The second-order valence-electron chi connectivity index (χ2n) is 13.7. The molecule has 0 amide bonds. The molecule has 0 radical (unpaired) electrons. The Labute approximate surface area is 341 Å². The Morgan fingerprint density at radius 3 is 2.36 bits per heavy atom. The van der Waals surface area contributed by atoms with Crippen LogP contribution in [0.5, 0.6) is 0 Å². The van der Waals surface area contributed by atoms with E-state index in [2.05, 4.69) is 37.1 Å². The van der Waals surface area contributed by atoms with Crippen molar-refractivity contribution in [2.75, 3.05) is 29.1 Å². The molecule has 0 spiro atoms. The van der Waals surface area contributed by atoms with Crippen LogP contribution in [0.4, 0.5) is 55.4 Å². The van der Waals surface area contributed by atoms with E-state index in [0.717, 1.165) is 30.3 Å². The molecule has 3 aromatic heterocycles. The summed E-state index contributed by atoms with van der Waals surface area (Å²) < 4.78 is 158. The molecule has 2 unspecified atom stereocenters. The first-order valence-corrected chi connectivity index (χ1v) is 20.3. The number of hydrogen-bond acceptors (Lipinski definition) is 8. The molecular weight excluding hydrogens is 862 g/mol. The Morgan fingerprint density at radius 1 is 1.05 bits per heavy atom. The molecule has 1 aliphatic heterocycles. The molecule has 59 heavy (non-hydrogen) atoms. The van der Waals surface area contributed by atoms with Gasteiger partial charge in [-0.15, -0.1) is 0 Å². The van der Waals surface area contributed by atoms with Crippen LogP contribution in [0.1, 0.15) is 48.2 Å². The molecule has 6 rings (SSSR count). The van der Waals surface area contributed by atoms with Gasteiger partial charge in [-0.2, -0.15) is 45.3 Å². The number of nitrogens with one attached hydrogen (secondary N) is 2. The van der Waals surface area contributed by atoms with E-state index in [1.807, 2.05) is 0 Å². The van der Waals surface area contributed by atoms with E-state index in [1.165, 1.54) is 30.5 Å². The highest BCUT2D eigenvalue weighted by Gasteiger charge is 2.50. The Bertz CT molecular complexity index is 2520. The second-order valence-corrected chi connectivity index (χ2v) is 16.7. The second kappa shape index (κ2) is 16.3. The van der Waals surface area contributed by atoms with Gasteiger partial charge < -0.3 is 10.0 Å². The smallest absolute Gasteiger partial charge is 0.375 e. The van der Waals surface area contributed by atoms with E-state index in [0.29, 0.717) is 15.4 Å². The lowest BCUT2D eigenvalue weighted by Gasteiger charge is -2.19. The summed E-state index contributed by atoms with van der Waals surface area (Å²) >= 11 is 7.59. The molecule has 2 N–H and O–H groups in total. The van der Waals surface area contributed by atoms with Gasteiger partial charge in [0.2, 0.25) is 0 Å². The summed E-state index contributed by atoms with van der Waals surface area (Å²) in [5.41, 5.74) is -3.45. The minimum atomic E-state index is -5.10. The summed E-state index contributed by atoms with van der Waals surface area (Å²) in [4.78, 5) is 9.18. The molecule has 4 heterocycles. The highest BCUT2D eigenvalue weighted by atomic mass is 35.5. The zero-order valence-corrected chi connectivity index (χ0v) is 33.5. The molecule has 9 nitrogen and oxygen atoms in total. The van der Waals surface area contributed by atoms with Crippen molar-refractivity contribution < 1.29 is 48.1 Å². The number of nitrogens with zero attached hydrogens (tertiary/aromatic N) is 6. The quantitative estimate of drug-likeness (QED) is 0.0590. The van der Waals surface area contributed by atoms with Gasteiger partial charge in [0.1, 0.15) is 34.3 Å². The number of alkyl halides is 8. The Morgan fingerprint density at radius 2 is 1.73 bits per heavy atom. The number of hydrogen-bond donors (Lipinski definition) is 2. The van der Waals surface area contributed by atoms with Gasteiger partial charge in [0.05, 0.1) is 46.4 Å². The number of pyridine rings is 1. The molecule has 0 saturated heterocycles. The summed E-state index contributed by atoms with van der Waals surface area (Å²) in [5, 5.41) is 9.72. The molecule has 22 heteroatoms. The number of anilines is 2. The molecule has 0 fully saturated rings. The molecule has 314 valence electrons. The van der Waals surface area contributed by atoms with Crippen LogP contribution in [0.25, 0.3) is 22.0 Å². The third-order valence-corrected chi connectivity index (χ3v) is 11.3. The molecular formula is C37H31ClF10N8OS2. The lowest BCUT2D eigenvalue weighted by atomic mass is 9.94. The van der Waals surface area contributed by atoms with E-state index in [9.17, 15) is 48.1 Å². The topological polar surface area (TPSA) is 102 Å². The van der Waals surface area contributed by atoms with Crippen molar-refractivity contribution in [1.82, 2.24) is 24.5 Å². The molecule has 2 atom stereocenters. The van der Waals surface area contributed by atoms with Crippen molar-refractivity contribution in [3.63, 3.8) is 0 Å². The Balaban J connectivity index is 1.60. The Hall–Kier alpha value is -4.81. The number of aromatic nitrogens is 5. The van der Waals surface area contributed by atoms with Crippen LogP contribution in [0.15, 0.2) is 47.5 Å². The minimum absolute atomic E-state index is 0.00120. The van der Waals surface area contributed by atoms with Gasteiger partial charge in [0.25, 0.3) is 0 Å². The van der Waals surface area contributed by atoms with Gasteiger partial charge in [-0.25, -0.2) is 13.8 Å². The van der Waals surface area contributed by atoms with Gasteiger partial charge >= 0.3 is 18.3 Å².